The number of nitrogens with zero attached hydrogens (tertiary/aromatic N) is 2. The number of benzene rings is 1. The van der Waals surface area contributed by atoms with Crippen LogP contribution in [0.15, 0.2) is 30.6 Å². The Labute approximate surface area is 117 Å². The van der Waals surface area contributed by atoms with Crippen molar-refractivity contribution in [2.24, 2.45) is 7.05 Å². The normalized spacial score (nSPS) is 10.2. The van der Waals surface area contributed by atoms with Crippen LogP contribution in [0.25, 0.3) is 0 Å². The number of amides is 1. The van der Waals surface area contributed by atoms with Gasteiger partial charge in [0.15, 0.2) is 11.5 Å². The van der Waals surface area contributed by atoms with E-state index in [4.69, 9.17) is 9.47 Å². The number of ether oxygens (including phenoxy) is 2. The van der Waals surface area contributed by atoms with E-state index in [-0.39, 0.29) is 12.3 Å². The Hall–Kier alpha value is -2.50. The van der Waals surface area contributed by atoms with Crippen LogP contribution in [-0.4, -0.2) is 29.7 Å². The second-order valence-electron chi connectivity index (χ2n) is 4.25. The quantitative estimate of drug-likeness (QED) is 0.900. The number of imidazole rings is 1. The summed E-state index contributed by atoms with van der Waals surface area (Å²) < 4.78 is 12.2. The average Bonchev–Trinajstić information content (AvgIpc) is 2.84. The summed E-state index contributed by atoms with van der Waals surface area (Å²) in [5, 5.41) is 2.81. The van der Waals surface area contributed by atoms with E-state index in [1.807, 2.05) is 11.6 Å². The maximum atomic E-state index is 11.9. The predicted octanol–water partition coefficient (Wildman–Crippen LogP) is 1.62. The van der Waals surface area contributed by atoms with Crippen LogP contribution < -0.4 is 14.8 Å². The van der Waals surface area contributed by atoms with Crippen LogP contribution >= 0.6 is 0 Å². The van der Waals surface area contributed by atoms with Gasteiger partial charge in [-0.15, -0.1) is 0 Å². The van der Waals surface area contributed by atoms with E-state index in [9.17, 15) is 4.79 Å². The highest BCUT2D eigenvalue weighted by Gasteiger charge is 2.10. The lowest BCUT2D eigenvalue weighted by Crippen LogP contribution is -2.16. The Morgan fingerprint density at radius 3 is 2.65 bits per heavy atom. The first-order chi connectivity index (χ1) is 9.63. The molecular weight excluding hydrogens is 258 g/mol. The van der Waals surface area contributed by atoms with Crippen molar-refractivity contribution >= 4 is 11.6 Å². The minimum atomic E-state index is -0.133. The van der Waals surface area contributed by atoms with Crippen molar-refractivity contribution in [2.75, 3.05) is 19.5 Å². The Morgan fingerprint density at radius 1 is 1.30 bits per heavy atom. The first kappa shape index (κ1) is 13.9. The maximum absolute atomic E-state index is 11.9. The van der Waals surface area contributed by atoms with Crippen LogP contribution in [0, 0.1) is 0 Å². The highest BCUT2D eigenvalue weighted by Crippen LogP contribution is 2.29. The SMILES string of the molecule is COc1ccc(NC(=O)Cc2nccn2C)cc1OC. The Morgan fingerprint density at radius 2 is 2.05 bits per heavy atom. The molecule has 1 aromatic carbocycles. The van der Waals surface area contributed by atoms with Gasteiger partial charge >= 0.3 is 0 Å². The fraction of sp³-hybridized carbons (Fsp3) is 0.286. The molecule has 1 heterocycles. The molecule has 0 atom stereocenters. The van der Waals surface area contributed by atoms with Crippen molar-refractivity contribution in [3.8, 4) is 11.5 Å². The third-order valence-electron chi connectivity index (χ3n) is 2.91. The van der Waals surface area contributed by atoms with Gasteiger partial charge in [0.25, 0.3) is 0 Å². The molecule has 0 aliphatic rings. The molecule has 6 heteroatoms. The van der Waals surface area contributed by atoms with Gasteiger partial charge in [0.05, 0.1) is 20.6 Å². The van der Waals surface area contributed by atoms with Crippen LogP contribution in [-0.2, 0) is 18.3 Å². The molecular formula is C14H17N3O3. The topological polar surface area (TPSA) is 65.4 Å². The number of aryl methyl sites for hydroxylation is 1. The van der Waals surface area contributed by atoms with Crippen molar-refractivity contribution in [3.05, 3.63) is 36.4 Å². The number of carbonyl (C=O) groups is 1. The van der Waals surface area contributed by atoms with Gasteiger partial charge in [-0.1, -0.05) is 0 Å². The molecule has 106 valence electrons. The molecule has 1 amide bonds. The second-order valence-corrected chi connectivity index (χ2v) is 4.25. The van der Waals surface area contributed by atoms with Crippen LogP contribution in [0.3, 0.4) is 0 Å². The highest BCUT2D eigenvalue weighted by molar-refractivity contribution is 5.92. The minimum Gasteiger partial charge on any atom is -0.493 e. The van der Waals surface area contributed by atoms with Crippen molar-refractivity contribution in [2.45, 2.75) is 6.42 Å². The van der Waals surface area contributed by atoms with Crippen LogP contribution in [0.5, 0.6) is 11.5 Å². The van der Waals surface area contributed by atoms with Crippen molar-refractivity contribution in [1.82, 2.24) is 9.55 Å². The second kappa shape index (κ2) is 6.10. The van der Waals surface area contributed by atoms with E-state index in [2.05, 4.69) is 10.3 Å². The van der Waals surface area contributed by atoms with E-state index >= 15 is 0 Å². The van der Waals surface area contributed by atoms with E-state index in [1.54, 1.807) is 44.8 Å². The van der Waals surface area contributed by atoms with Gasteiger partial charge in [0.2, 0.25) is 5.91 Å². The molecule has 0 aliphatic heterocycles. The first-order valence-corrected chi connectivity index (χ1v) is 6.12. The molecule has 0 spiro atoms. The highest BCUT2D eigenvalue weighted by atomic mass is 16.5. The summed E-state index contributed by atoms with van der Waals surface area (Å²) >= 11 is 0. The monoisotopic (exact) mass is 275 g/mol. The van der Waals surface area contributed by atoms with Gasteiger partial charge in [-0.05, 0) is 12.1 Å². The molecule has 6 nitrogen and oxygen atoms in total. The van der Waals surface area contributed by atoms with Crippen LogP contribution in [0.2, 0.25) is 0 Å². The van der Waals surface area contributed by atoms with Crippen molar-refractivity contribution in [3.63, 3.8) is 0 Å². The zero-order valence-electron chi connectivity index (χ0n) is 11.7. The third-order valence-corrected chi connectivity index (χ3v) is 2.91. The Balaban J connectivity index is 2.06. The zero-order chi connectivity index (χ0) is 14.5. The van der Waals surface area contributed by atoms with Gasteiger partial charge in [-0.2, -0.15) is 0 Å². The lowest BCUT2D eigenvalue weighted by Gasteiger charge is -2.10. The van der Waals surface area contributed by atoms with Crippen LogP contribution in [0.4, 0.5) is 5.69 Å². The van der Waals surface area contributed by atoms with E-state index in [0.717, 1.165) is 0 Å². The number of anilines is 1. The largest absolute Gasteiger partial charge is 0.493 e. The molecule has 0 radical (unpaired) electrons. The lowest BCUT2D eigenvalue weighted by molar-refractivity contribution is -0.115. The van der Waals surface area contributed by atoms with Gasteiger partial charge in [0.1, 0.15) is 5.82 Å². The summed E-state index contributed by atoms with van der Waals surface area (Å²) in [5.41, 5.74) is 0.654. The van der Waals surface area contributed by atoms with Gasteiger partial charge in [0, 0.05) is 31.2 Å². The average molecular weight is 275 g/mol. The third kappa shape index (κ3) is 3.09. The number of carbonyl (C=O) groups excluding carboxylic acids is 1. The predicted molar refractivity (Wildman–Crippen MR) is 75.1 cm³/mol. The number of rotatable bonds is 5. The van der Waals surface area contributed by atoms with Gasteiger partial charge in [-0.25, -0.2) is 4.98 Å². The molecule has 1 aromatic heterocycles. The number of hydrogen-bond acceptors (Lipinski definition) is 4. The molecule has 0 saturated heterocycles. The first-order valence-electron chi connectivity index (χ1n) is 6.12. The van der Waals surface area contributed by atoms with Gasteiger partial charge < -0.3 is 19.4 Å². The summed E-state index contributed by atoms with van der Waals surface area (Å²) in [6, 6.07) is 5.22. The molecule has 0 unspecified atom stereocenters. The number of nitrogens with one attached hydrogen (secondary N) is 1. The fourth-order valence-corrected chi connectivity index (χ4v) is 1.83. The molecule has 2 aromatic rings. The van der Waals surface area contributed by atoms with Crippen LogP contribution in [0.1, 0.15) is 5.82 Å². The maximum Gasteiger partial charge on any atom is 0.231 e. The standard InChI is InChI=1S/C14H17N3O3/c1-17-7-6-15-13(17)9-14(18)16-10-4-5-11(19-2)12(8-10)20-3/h4-8H,9H2,1-3H3,(H,16,18). The molecule has 0 bridgehead atoms. The molecule has 2 rings (SSSR count). The summed E-state index contributed by atoms with van der Waals surface area (Å²) in [4.78, 5) is 16.1. The van der Waals surface area contributed by atoms with E-state index in [1.165, 1.54) is 0 Å². The van der Waals surface area contributed by atoms with Crippen molar-refractivity contribution in [1.29, 1.82) is 0 Å². The smallest absolute Gasteiger partial charge is 0.231 e. The van der Waals surface area contributed by atoms with E-state index in [0.29, 0.717) is 23.0 Å². The Kier molecular flexibility index (Phi) is 4.24. The molecule has 0 aliphatic carbocycles. The fourth-order valence-electron chi connectivity index (χ4n) is 1.83. The molecule has 0 saturated carbocycles. The summed E-state index contributed by atoms with van der Waals surface area (Å²) in [7, 11) is 4.97. The number of aromatic nitrogens is 2. The minimum absolute atomic E-state index is 0.133. The zero-order valence-corrected chi connectivity index (χ0v) is 11.7. The molecule has 20 heavy (non-hydrogen) atoms. The molecule has 0 fully saturated rings. The number of hydrogen-bond donors (Lipinski definition) is 1. The number of methoxy groups -OCH3 is 2. The van der Waals surface area contributed by atoms with E-state index < -0.39 is 0 Å². The summed E-state index contributed by atoms with van der Waals surface area (Å²) in [6.07, 6.45) is 3.69. The summed E-state index contributed by atoms with van der Waals surface area (Å²) in [5.74, 6) is 1.77. The lowest BCUT2D eigenvalue weighted by atomic mass is 10.2. The van der Waals surface area contributed by atoms with Crippen molar-refractivity contribution < 1.29 is 14.3 Å². The summed E-state index contributed by atoms with van der Waals surface area (Å²) in [6.45, 7) is 0. The molecule has 1 N–H and O–H groups in total. The Bertz CT molecular complexity index is 607. The van der Waals surface area contributed by atoms with Gasteiger partial charge in [-0.3, -0.25) is 4.79 Å².